The second-order valence-electron chi connectivity index (χ2n) is 3.87. The Hall–Kier alpha value is 0.270. The molecule has 0 aromatic heterocycles. The highest BCUT2D eigenvalue weighted by atomic mass is 32.2. The Kier molecular flexibility index (Phi) is 7.81. The van der Waals surface area contributed by atoms with Gasteiger partial charge in [0.05, 0.1) is 0 Å². The third-order valence-electron chi connectivity index (χ3n) is 2.49. The summed E-state index contributed by atoms with van der Waals surface area (Å²) in [7, 11) is 4.21. The van der Waals surface area contributed by atoms with Crippen LogP contribution in [-0.2, 0) is 0 Å². The fourth-order valence-electron chi connectivity index (χ4n) is 1.10. The van der Waals surface area contributed by atoms with Gasteiger partial charge in [-0.15, -0.1) is 11.8 Å². The molecule has 1 atom stereocenters. The quantitative estimate of drug-likeness (QED) is 0.503. The first kappa shape index (κ1) is 13.3. The first-order valence-corrected chi connectivity index (χ1v) is 6.17. The molecule has 0 fully saturated rings. The van der Waals surface area contributed by atoms with Crippen molar-refractivity contribution < 1.29 is 0 Å². The third-order valence-corrected chi connectivity index (χ3v) is 3.46. The molecule has 13 heavy (non-hydrogen) atoms. The molecule has 0 aliphatic carbocycles. The highest BCUT2D eigenvalue weighted by Gasteiger charge is 2.11. The summed E-state index contributed by atoms with van der Waals surface area (Å²) in [6, 6.07) is 0.690. The molecule has 0 bridgehead atoms. The predicted molar refractivity (Wildman–Crippen MR) is 63.3 cm³/mol. The predicted octanol–water partition coefficient (Wildman–Crippen LogP) is 1.87. The van der Waals surface area contributed by atoms with Gasteiger partial charge in [0.1, 0.15) is 0 Å². The Labute approximate surface area is 87.5 Å². The van der Waals surface area contributed by atoms with Gasteiger partial charge in [-0.3, -0.25) is 0 Å². The Morgan fingerprint density at radius 3 is 2.38 bits per heavy atom. The molecule has 0 aromatic rings. The summed E-state index contributed by atoms with van der Waals surface area (Å²) in [6.07, 6.45) is 0. The van der Waals surface area contributed by atoms with Crippen LogP contribution >= 0.6 is 11.8 Å². The molecule has 0 rings (SSSR count). The van der Waals surface area contributed by atoms with Gasteiger partial charge in [-0.05, 0) is 26.9 Å². The van der Waals surface area contributed by atoms with Crippen molar-refractivity contribution in [1.29, 1.82) is 0 Å². The molecule has 0 aliphatic rings. The molecule has 0 heterocycles. The Bertz CT molecular complexity index is 117. The van der Waals surface area contributed by atoms with Crippen molar-refractivity contribution in [2.75, 3.05) is 32.3 Å². The van der Waals surface area contributed by atoms with E-state index in [1.165, 1.54) is 12.3 Å². The molecule has 0 spiro atoms. The maximum atomic E-state index is 3.14. The van der Waals surface area contributed by atoms with Gasteiger partial charge < -0.3 is 10.2 Å². The van der Waals surface area contributed by atoms with Crippen molar-refractivity contribution in [3.05, 3.63) is 0 Å². The molecule has 2 nitrogen and oxygen atoms in total. The van der Waals surface area contributed by atoms with Crippen LogP contribution in [0.3, 0.4) is 0 Å². The van der Waals surface area contributed by atoms with E-state index in [1.54, 1.807) is 0 Å². The van der Waals surface area contributed by atoms with E-state index in [-0.39, 0.29) is 0 Å². The van der Waals surface area contributed by atoms with E-state index in [0.717, 1.165) is 11.8 Å². The summed E-state index contributed by atoms with van der Waals surface area (Å²) in [5.74, 6) is 3.03. The van der Waals surface area contributed by atoms with Crippen molar-refractivity contribution in [1.82, 2.24) is 10.2 Å². The topological polar surface area (TPSA) is 15.3 Å². The van der Waals surface area contributed by atoms with Gasteiger partial charge in [0.2, 0.25) is 0 Å². The number of thioether (sulfide) groups is 1. The van der Waals surface area contributed by atoms with Crippen molar-refractivity contribution in [3.8, 4) is 0 Å². The van der Waals surface area contributed by atoms with Crippen LogP contribution < -0.4 is 5.32 Å². The first-order chi connectivity index (χ1) is 6.09. The van der Waals surface area contributed by atoms with E-state index in [0.29, 0.717) is 6.04 Å². The second kappa shape index (κ2) is 7.65. The van der Waals surface area contributed by atoms with Crippen LogP contribution in [0.1, 0.15) is 20.8 Å². The number of hydrogen-bond donors (Lipinski definition) is 1. The second-order valence-corrected chi connectivity index (χ2v) is 4.98. The molecule has 0 amide bonds. The van der Waals surface area contributed by atoms with E-state index in [2.05, 4.69) is 38.0 Å². The molecule has 0 saturated carbocycles. The Morgan fingerprint density at radius 2 is 1.92 bits per heavy atom. The fraction of sp³-hybridized carbons (Fsp3) is 1.00. The maximum Gasteiger partial charge on any atom is 0.0415 e. The standard InChI is InChI=1S/C10H24N2S/c1-9(2)10(3)12(5)6-7-13-8-11-4/h9-11H,6-8H2,1-5H3/t10-/m1/s1. The van der Waals surface area contributed by atoms with Gasteiger partial charge in [0.15, 0.2) is 0 Å². The van der Waals surface area contributed by atoms with E-state index >= 15 is 0 Å². The number of nitrogens with zero attached hydrogens (tertiary/aromatic N) is 1. The normalized spacial score (nSPS) is 14.1. The van der Waals surface area contributed by atoms with Gasteiger partial charge in [0, 0.05) is 24.2 Å². The molecular formula is C10H24N2S. The van der Waals surface area contributed by atoms with Gasteiger partial charge in [-0.2, -0.15) is 0 Å². The van der Waals surface area contributed by atoms with Crippen molar-refractivity contribution in [2.24, 2.45) is 5.92 Å². The van der Waals surface area contributed by atoms with Gasteiger partial charge in [0.25, 0.3) is 0 Å². The molecular weight excluding hydrogens is 180 g/mol. The molecule has 1 N–H and O–H groups in total. The van der Waals surface area contributed by atoms with Crippen LogP contribution in [-0.4, -0.2) is 43.2 Å². The van der Waals surface area contributed by atoms with Gasteiger partial charge in [-0.1, -0.05) is 13.8 Å². The van der Waals surface area contributed by atoms with Crippen molar-refractivity contribution >= 4 is 11.8 Å². The number of hydrogen-bond acceptors (Lipinski definition) is 3. The summed E-state index contributed by atoms with van der Waals surface area (Å²) in [4.78, 5) is 2.44. The molecule has 0 radical (unpaired) electrons. The minimum absolute atomic E-state index is 0.690. The average molecular weight is 204 g/mol. The van der Waals surface area contributed by atoms with E-state index < -0.39 is 0 Å². The summed E-state index contributed by atoms with van der Waals surface area (Å²) >= 11 is 1.96. The van der Waals surface area contributed by atoms with E-state index in [9.17, 15) is 0 Å². The lowest BCUT2D eigenvalue weighted by Gasteiger charge is -2.27. The smallest absolute Gasteiger partial charge is 0.0415 e. The van der Waals surface area contributed by atoms with Crippen LogP contribution in [0.4, 0.5) is 0 Å². The summed E-state index contributed by atoms with van der Waals surface area (Å²) in [5.41, 5.74) is 0. The maximum absolute atomic E-state index is 3.14. The summed E-state index contributed by atoms with van der Waals surface area (Å²) in [6.45, 7) is 8.04. The molecule has 0 aliphatic heterocycles. The van der Waals surface area contributed by atoms with Crippen LogP contribution in [0.25, 0.3) is 0 Å². The lowest BCUT2D eigenvalue weighted by Crippen LogP contribution is -2.34. The zero-order valence-corrected chi connectivity index (χ0v) is 10.4. The molecule has 0 saturated heterocycles. The fourth-order valence-corrected chi connectivity index (χ4v) is 1.86. The SMILES string of the molecule is CNCSCCN(C)[C@H](C)C(C)C. The van der Waals surface area contributed by atoms with Crippen molar-refractivity contribution in [2.45, 2.75) is 26.8 Å². The first-order valence-electron chi connectivity index (χ1n) is 5.02. The zero-order chi connectivity index (χ0) is 10.3. The monoisotopic (exact) mass is 204 g/mol. The zero-order valence-electron chi connectivity index (χ0n) is 9.63. The lowest BCUT2D eigenvalue weighted by molar-refractivity contribution is 0.220. The van der Waals surface area contributed by atoms with Gasteiger partial charge in [-0.25, -0.2) is 0 Å². The number of nitrogens with one attached hydrogen (secondary N) is 1. The summed E-state index contributed by atoms with van der Waals surface area (Å²) < 4.78 is 0. The van der Waals surface area contributed by atoms with Crippen LogP contribution in [0.2, 0.25) is 0 Å². The van der Waals surface area contributed by atoms with Crippen LogP contribution in [0.15, 0.2) is 0 Å². The Morgan fingerprint density at radius 1 is 1.31 bits per heavy atom. The molecule has 3 heteroatoms. The average Bonchev–Trinajstić information content (AvgIpc) is 2.10. The molecule has 80 valence electrons. The van der Waals surface area contributed by atoms with E-state index in [1.807, 2.05) is 18.8 Å². The number of rotatable bonds is 7. The largest absolute Gasteiger partial charge is 0.311 e. The van der Waals surface area contributed by atoms with Crippen LogP contribution in [0.5, 0.6) is 0 Å². The molecule has 0 aromatic carbocycles. The summed E-state index contributed by atoms with van der Waals surface area (Å²) in [5, 5.41) is 3.14. The third kappa shape index (κ3) is 6.36. The Balaban J connectivity index is 3.44. The lowest BCUT2D eigenvalue weighted by atomic mass is 10.1. The minimum atomic E-state index is 0.690. The van der Waals surface area contributed by atoms with Gasteiger partial charge >= 0.3 is 0 Å². The van der Waals surface area contributed by atoms with E-state index in [4.69, 9.17) is 0 Å². The minimum Gasteiger partial charge on any atom is -0.311 e. The highest BCUT2D eigenvalue weighted by molar-refractivity contribution is 7.99. The van der Waals surface area contributed by atoms with Crippen LogP contribution in [0, 0.1) is 5.92 Å². The van der Waals surface area contributed by atoms with Crippen molar-refractivity contribution in [3.63, 3.8) is 0 Å². The molecule has 0 unspecified atom stereocenters. The highest BCUT2D eigenvalue weighted by Crippen LogP contribution is 2.08.